The van der Waals surface area contributed by atoms with Crippen molar-refractivity contribution in [3.8, 4) is 11.8 Å². The lowest BCUT2D eigenvalue weighted by molar-refractivity contribution is -0.146. The summed E-state index contributed by atoms with van der Waals surface area (Å²) in [6, 6.07) is 3.81. The van der Waals surface area contributed by atoms with Crippen LogP contribution in [0, 0.1) is 11.8 Å². The molecule has 2 atom stereocenters. The number of piperidine rings is 1. The van der Waals surface area contributed by atoms with Crippen LogP contribution in [-0.4, -0.2) is 84.0 Å². The first-order valence-electron chi connectivity index (χ1n) is 8.62. The Hall–Kier alpha value is -2.14. The maximum absolute atomic E-state index is 12.7. The Morgan fingerprint density at radius 1 is 1.35 bits per heavy atom. The maximum Gasteiger partial charge on any atom is 0.264 e. The minimum Gasteiger partial charge on any atom is -0.384 e. The molecule has 0 aromatic carbocycles. The molecule has 2 amide bonds. The highest BCUT2D eigenvalue weighted by Gasteiger charge is 2.47. The quantitative estimate of drug-likeness (QED) is 0.621. The normalized spacial score (nSPS) is 21.5. The average Bonchev–Trinajstić information content (AvgIpc) is 3.07. The van der Waals surface area contributed by atoms with E-state index in [2.05, 4.69) is 11.8 Å². The average molecular weight is 373 g/mol. The Morgan fingerprint density at radius 2 is 2.08 bits per heavy atom. The van der Waals surface area contributed by atoms with Gasteiger partial charge in [-0.05, 0) is 32.6 Å². The van der Waals surface area contributed by atoms with E-state index in [4.69, 9.17) is 5.11 Å². The van der Waals surface area contributed by atoms with Crippen molar-refractivity contribution in [3.63, 3.8) is 0 Å². The molecular weight excluding hydrogens is 350 g/mol. The van der Waals surface area contributed by atoms with Crippen LogP contribution in [0.15, 0.2) is 24.3 Å². The van der Waals surface area contributed by atoms with E-state index in [1.807, 2.05) is 34.9 Å². The molecule has 0 saturated carbocycles. The molecule has 3 saturated heterocycles. The zero-order valence-electron chi connectivity index (χ0n) is 15.0. The van der Waals surface area contributed by atoms with Crippen molar-refractivity contribution < 1.29 is 14.7 Å². The molecule has 7 heteroatoms. The molecule has 4 rings (SSSR count). The molecule has 1 aromatic rings. The fraction of sp³-hybridized carbons (Fsp3) is 0.474. The van der Waals surface area contributed by atoms with Gasteiger partial charge in [-0.3, -0.25) is 9.59 Å². The third-order valence-corrected chi connectivity index (χ3v) is 5.56. The van der Waals surface area contributed by atoms with E-state index in [0.29, 0.717) is 18.0 Å². The molecule has 3 aliphatic rings. The maximum atomic E-state index is 12.7. The van der Waals surface area contributed by atoms with Crippen LogP contribution >= 0.6 is 11.3 Å². The summed E-state index contributed by atoms with van der Waals surface area (Å²) < 4.78 is 0. The zero-order valence-corrected chi connectivity index (χ0v) is 15.8. The van der Waals surface area contributed by atoms with Crippen molar-refractivity contribution in [1.82, 2.24) is 14.7 Å². The second-order valence-corrected chi connectivity index (χ2v) is 7.87. The van der Waals surface area contributed by atoms with Crippen LogP contribution in [0.2, 0.25) is 0 Å². The Balaban J connectivity index is 1.58. The number of aliphatic hydroxyl groups is 1. The molecule has 6 nitrogen and oxygen atoms in total. The van der Waals surface area contributed by atoms with Crippen molar-refractivity contribution in [2.24, 2.45) is 0 Å². The molecular formula is C19H23N3O3S. The lowest BCUT2D eigenvalue weighted by atomic mass is 9.87. The highest BCUT2D eigenvalue weighted by atomic mass is 32.1. The summed E-state index contributed by atoms with van der Waals surface area (Å²) in [5.41, 5.74) is 0. The van der Waals surface area contributed by atoms with Gasteiger partial charge >= 0.3 is 0 Å². The molecule has 0 radical (unpaired) electrons. The standard InChI is InChI=1S/C19H23N3O3S/c1-20(2)9-3-6-18(24)22-14-11-15(22)13-21(12-14)19(25)17-8-7-16(26-17)5-4-10-23/h3,6-8,14-15,23H,9-13H2,1-2H3/b6-3+. The fourth-order valence-electron chi connectivity index (χ4n) is 3.39. The Labute approximate surface area is 157 Å². The van der Waals surface area contributed by atoms with E-state index in [1.54, 1.807) is 18.2 Å². The summed E-state index contributed by atoms with van der Waals surface area (Å²) in [5, 5.41) is 8.75. The molecule has 2 bridgehead atoms. The van der Waals surface area contributed by atoms with Gasteiger partial charge in [-0.25, -0.2) is 0 Å². The Bertz CT molecular complexity index is 762. The minimum atomic E-state index is -0.191. The molecule has 3 aliphatic heterocycles. The predicted molar refractivity (Wildman–Crippen MR) is 101 cm³/mol. The van der Waals surface area contributed by atoms with Gasteiger partial charge in [-0.2, -0.15) is 0 Å². The second kappa shape index (κ2) is 8.04. The highest BCUT2D eigenvalue weighted by Crippen LogP contribution is 2.33. The van der Waals surface area contributed by atoms with E-state index in [-0.39, 0.29) is 30.5 Å². The largest absolute Gasteiger partial charge is 0.384 e. The van der Waals surface area contributed by atoms with Crippen LogP contribution in [0.5, 0.6) is 0 Å². The number of likely N-dealkylation sites (N-methyl/N-ethyl adjacent to an activating group) is 1. The molecule has 0 aliphatic carbocycles. The number of piperazine rings is 1. The first-order chi connectivity index (χ1) is 12.5. The Morgan fingerprint density at radius 3 is 2.73 bits per heavy atom. The summed E-state index contributed by atoms with van der Waals surface area (Å²) in [4.78, 5) is 32.2. The van der Waals surface area contributed by atoms with E-state index in [9.17, 15) is 9.59 Å². The van der Waals surface area contributed by atoms with Gasteiger partial charge in [0.1, 0.15) is 6.61 Å². The summed E-state index contributed by atoms with van der Waals surface area (Å²) in [7, 11) is 3.92. The van der Waals surface area contributed by atoms with Gasteiger partial charge in [0.25, 0.3) is 5.91 Å². The molecule has 3 fully saturated rings. The van der Waals surface area contributed by atoms with Gasteiger partial charge in [0.15, 0.2) is 0 Å². The SMILES string of the molecule is CN(C)C/C=C/C(=O)N1C2CC1CN(C(=O)c1ccc(C#CCO)s1)C2. The van der Waals surface area contributed by atoms with E-state index in [0.717, 1.165) is 17.8 Å². The zero-order chi connectivity index (χ0) is 18.7. The number of hydrogen-bond donors (Lipinski definition) is 1. The van der Waals surface area contributed by atoms with Gasteiger partial charge in [0.2, 0.25) is 5.91 Å². The number of amides is 2. The molecule has 1 aromatic heterocycles. The number of nitrogens with zero attached hydrogens (tertiary/aromatic N) is 3. The molecule has 26 heavy (non-hydrogen) atoms. The summed E-state index contributed by atoms with van der Waals surface area (Å²) >= 11 is 1.34. The van der Waals surface area contributed by atoms with Crippen molar-refractivity contribution in [2.45, 2.75) is 18.5 Å². The van der Waals surface area contributed by atoms with Gasteiger partial charge in [-0.1, -0.05) is 17.9 Å². The van der Waals surface area contributed by atoms with Crippen LogP contribution in [0.4, 0.5) is 0 Å². The number of hydrogen-bond acceptors (Lipinski definition) is 5. The van der Waals surface area contributed by atoms with Crippen molar-refractivity contribution in [1.29, 1.82) is 0 Å². The van der Waals surface area contributed by atoms with Crippen molar-refractivity contribution in [2.75, 3.05) is 40.3 Å². The Kier molecular flexibility index (Phi) is 5.77. The first kappa shape index (κ1) is 18.6. The topological polar surface area (TPSA) is 64.1 Å². The minimum absolute atomic E-state index is 0.00278. The van der Waals surface area contributed by atoms with Gasteiger partial charge in [-0.15, -0.1) is 11.3 Å². The van der Waals surface area contributed by atoms with Crippen LogP contribution in [0.3, 0.4) is 0 Å². The molecule has 138 valence electrons. The van der Waals surface area contributed by atoms with Crippen LogP contribution in [0.25, 0.3) is 0 Å². The summed E-state index contributed by atoms with van der Waals surface area (Å²) in [6.07, 6.45) is 4.48. The van der Waals surface area contributed by atoms with Crippen LogP contribution in [0.1, 0.15) is 21.0 Å². The van der Waals surface area contributed by atoms with E-state index >= 15 is 0 Å². The molecule has 0 spiro atoms. The van der Waals surface area contributed by atoms with Crippen molar-refractivity contribution >= 4 is 23.2 Å². The number of carbonyl (C=O) groups is 2. The van der Waals surface area contributed by atoms with Gasteiger partial charge in [0, 0.05) is 25.7 Å². The lowest BCUT2D eigenvalue weighted by Crippen LogP contribution is -2.70. The van der Waals surface area contributed by atoms with Crippen LogP contribution in [-0.2, 0) is 4.79 Å². The van der Waals surface area contributed by atoms with E-state index < -0.39 is 0 Å². The van der Waals surface area contributed by atoms with Crippen LogP contribution < -0.4 is 0 Å². The number of fused-ring (bicyclic) bond motifs is 2. The summed E-state index contributed by atoms with van der Waals surface area (Å²) in [5.74, 6) is 5.45. The molecule has 1 N–H and O–H groups in total. The van der Waals surface area contributed by atoms with E-state index in [1.165, 1.54) is 11.3 Å². The first-order valence-corrected chi connectivity index (χ1v) is 9.43. The fourth-order valence-corrected chi connectivity index (χ4v) is 4.24. The van der Waals surface area contributed by atoms with Gasteiger partial charge in [0.05, 0.1) is 21.8 Å². The van der Waals surface area contributed by atoms with Crippen molar-refractivity contribution in [3.05, 3.63) is 34.0 Å². The lowest BCUT2D eigenvalue weighted by Gasteiger charge is -2.55. The number of aliphatic hydroxyl groups excluding tert-OH is 1. The highest BCUT2D eigenvalue weighted by molar-refractivity contribution is 7.14. The number of carbonyl (C=O) groups excluding carboxylic acids is 2. The summed E-state index contributed by atoms with van der Waals surface area (Å²) in [6.45, 7) is 1.71. The monoisotopic (exact) mass is 373 g/mol. The second-order valence-electron chi connectivity index (χ2n) is 6.79. The number of rotatable bonds is 4. The predicted octanol–water partition coefficient (Wildman–Crippen LogP) is 0.635. The smallest absolute Gasteiger partial charge is 0.264 e. The third-order valence-electron chi connectivity index (χ3n) is 4.57. The van der Waals surface area contributed by atoms with Gasteiger partial charge < -0.3 is 19.8 Å². The molecule has 4 heterocycles. The number of thiophene rings is 1. The third kappa shape index (κ3) is 3.98. The molecule has 2 unspecified atom stereocenters.